The van der Waals surface area contributed by atoms with E-state index in [9.17, 15) is 9.59 Å². The molecule has 0 radical (unpaired) electrons. The summed E-state index contributed by atoms with van der Waals surface area (Å²) in [5.74, 6) is 0.748. The van der Waals surface area contributed by atoms with Crippen molar-refractivity contribution in [3.8, 4) is 0 Å². The molecule has 6 heteroatoms. The molecule has 1 atom stereocenters. The molecule has 6 nitrogen and oxygen atoms in total. The molecule has 142 valence electrons. The number of rotatable bonds is 6. The van der Waals surface area contributed by atoms with E-state index >= 15 is 0 Å². The molecule has 3 rings (SSSR count). The third-order valence-corrected chi connectivity index (χ3v) is 4.82. The van der Waals surface area contributed by atoms with E-state index in [1.807, 2.05) is 61.5 Å². The van der Waals surface area contributed by atoms with Gasteiger partial charge in [-0.25, -0.2) is 4.98 Å². The van der Waals surface area contributed by atoms with Crippen LogP contribution in [-0.4, -0.2) is 48.4 Å². The van der Waals surface area contributed by atoms with Crippen molar-refractivity contribution in [1.29, 1.82) is 0 Å². The Morgan fingerprint density at radius 1 is 1.19 bits per heavy atom. The molecule has 0 spiro atoms. The zero-order valence-corrected chi connectivity index (χ0v) is 15.9. The first-order valence-corrected chi connectivity index (χ1v) is 9.28. The van der Waals surface area contributed by atoms with Crippen molar-refractivity contribution in [1.82, 2.24) is 15.2 Å². The van der Waals surface area contributed by atoms with Crippen LogP contribution >= 0.6 is 0 Å². The first-order valence-electron chi connectivity index (χ1n) is 9.28. The number of carbonyl (C=O) groups excluding carboxylic acids is 2. The first kappa shape index (κ1) is 18.9. The number of anilines is 1. The van der Waals surface area contributed by atoms with Gasteiger partial charge in [0, 0.05) is 38.9 Å². The lowest BCUT2D eigenvalue weighted by molar-refractivity contribution is -0.138. The number of nitrogens with zero attached hydrogens (tertiary/aromatic N) is 3. The highest BCUT2D eigenvalue weighted by atomic mass is 16.2. The third kappa shape index (κ3) is 4.64. The Labute approximate surface area is 160 Å². The number of carbonyl (C=O) groups is 2. The van der Waals surface area contributed by atoms with Crippen molar-refractivity contribution < 1.29 is 9.59 Å². The summed E-state index contributed by atoms with van der Waals surface area (Å²) in [6, 6.07) is 13.1. The molecule has 0 aliphatic carbocycles. The number of likely N-dealkylation sites (tertiary alicyclic amines) is 1. The summed E-state index contributed by atoms with van der Waals surface area (Å²) >= 11 is 0. The summed E-state index contributed by atoms with van der Waals surface area (Å²) in [5.41, 5.74) is 1.93. The number of pyridine rings is 1. The molecule has 1 fully saturated rings. The lowest BCUT2D eigenvalue weighted by Gasteiger charge is -2.24. The molecule has 0 saturated carbocycles. The number of nitrogens with one attached hydrogen (secondary N) is 1. The Hall–Kier alpha value is -2.89. The summed E-state index contributed by atoms with van der Waals surface area (Å²) in [6.45, 7) is 1.04. The maximum absolute atomic E-state index is 12.7. The second kappa shape index (κ2) is 8.66. The smallest absolute Gasteiger partial charge is 0.243 e. The summed E-state index contributed by atoms with van der Waals surface area (Å²) < 4.78 is 0. The maximum Gasteiger partial charge on any atom is 0.243 e. The van der Waals surface area contributed by atoms with Crippen molar-refractivity contribution >= 4 is 17.6 Å². The molecule has 0 bridgehead atoms. The van der Waals surface area contributed by atoms with Gasteiger partial charge in [0.05, 0.1) is 6.42 Å². The van der Waals surface area contributed by atoms with E-state index in [-0.39, 0.29) is 17.9 Å². The molecular formula is C21H26N4O2. The summed E-state index contributed by atoms with van der Waals surface area (Å²) in [5, 5.41) is 2.99. The highest BCUT2D eigenvalue weighted by Crippen LogP contribution is 2.20. The Kier molecular flexibility index (Phi) is 6.06. The predicted octanol–water partition coefficient (Wildman–Crippen LogP) is 2.00. The van der Waals surface area contributed by atoms with Crippen LogP contribution < -0.4 is 10.2 Å². The van der Waals surface area contributed by atoms with E-state index in [0.29, 0.717) is 25.9 Å². The van der Waals surface area contributed by atoms with Crippen LogP contribution in [0.1, 0.15) is 24.0 Å². The van der Waals surface area contributed by atoms with E-state index in [2.05, 4.69) is 10.3 Å². The van der Waals surface area contributed by atoms with E-state index in [0.717, 1.165) is 23.4 Å². The molecule has 1 aromatic heterocycles. The number of amides is 2. The maximum atomic E-state index is 12.7. The molecule has 1 aliphatic rings. The van der Waals surface area contributed by atoms with Gasteiger partial charge in [-0.3, -0.25) is 9.59 Å². The minimum absolute atomic E-state index is 0.00853. The molecule has 1 unspecified atom stereocenters. The van der Waals surface area contributed by atoms with Crippen molar-refractivity contribution in [2.24, 2.45) is 0 Å². The molecule has 1 saturated heterocycles. The van der Waals surface area contributed by atoms with Crippen LogP contribution in [0.3, 0.4) is 0 Å². The average molecular weight is 366 g/mol. The van der Waals surface area contributed by atoms with Crippen LogP contribution in [-0.2, 0) is 22.6 Å². The molecular weight excluding hydrogens is 340 g/mol. The largest absolute Gasteiger partial charge is 0.362 e. The van der Waals surface area contributed by atoms with Gasteiger partial charge in [0.15, 0.2) is 0 Å². The highest BCUT2D eigenvalue weighted by molar-refractivity contribution is 5.89. The van der Waals surface area contributed by atoms with Gasteiger partial charge >= 0.3 is 0 Å². The zero-order valence-electron chi connectivity index (χ0n) is 15.9. The van der Waals surface area contributed by atoms with Crippen molar-refractivity contribution in [2.75, 3.05) is 25.5 Å². The first-order chi connectivity index (χ1) is 13.1. The van der Waals surface area contributed by atoms with Crippen molar-refractivity contribution in [3.63, 3.8) is 0 Å². The van der Waals surface area contributed by atoms with Crippen LogP contribution in [0.2, 0.25) is 0 Å². The molecule has 2 aromatic rings. The van der Waals surface area contributed by atoms with Crippen LogP contribution in [0.5, 0.6) is 0 Å². The lowest BCUT2D eigenvalue weighted by Crippen LogP contribution is -2.46. The van der Waals surface area contributed by atoms with Gasteiger partial charge in [0.1, 0.15) is 11.9 Å². The van der Waals surface area contributed by atoms with E-state index in [4.69, 9.17) is 0 Å². The zero-order chi connectivity index (χ0) is 19.2. The molecule has 2 amide bonds. The number of benzene rings is 1. The molecule has 1 aromatic carbocycles. The Bertz CT molecular complexity index is 792. The second-order valence-electron chi connectivity index (χ2n) is 7.01. The number of hydrogen-bond donors (Lipinski definition) is 1. The standard InChI is InChI=1S/C21H26N4O2/c1-24(2)20-17(10-6-12-22-20)15-23-21(27)18-11-7-13-25(18)19(26)14-16-8-4-3-5-9-16/h3-6,8-10,12,18H,7,11,13-15H2,1-2H3,(H,23,27). The van der Waals surface area contributed by atoms with Gasteiger partial charge in [-0.05, 0) is 24.5 Å². The monoisotopic (exact) mass is 366 g/mol. The minimum Gasteiger partial charge on any atom is -0.362 e. The highest BCUT2D eigenvalue weighted by Gasteiger charge is 2.33. The average Bonchev–Trinajstić information content (AvgIpc) is 3.17. The normalized spacial score (nSPS) is 16.2. The van der Waals surface area contributed by atoms with Gasteiger partial charge < -0.3 is 15.1 Å². The lowest BCUT2D eigenvalue weighted by atomic mass is 10.1. The van der Waals surface area contributed by atoms with Crippen LogP contribution in [0.15, 0.2) is 48.7 Å². The predicted molar refractivity (Wildman–Crippen MR) is 105 cm³/mol. The van der Waals surface area contributed by atoms with Gasteiger partial charge in [0.2, 0.25) is 11.8 Å². The summed E-state index contributed by atoms with van der Waals surface area (Å²) in [7, 11) is 3.85. The van der Waals surface area contributed by atoms with Crippen LogP contribution in [0, 0.1) is 0 Å². The van der Waals surface area contributed by atoms with Gasteiger partial charge in [-0.2, -0.15) is 0 Å². The molecule has 1 aliphatic heterocycles. The number of aromatic nitrogens is 1. The quantitative estimate of drug-likeness (QED) is 0.849. The molecule has 1 N–H and O–H groups in total. The van der Waals surface area contributed by atoms with Crippen molar-refractivity contribution in [3.05, 3.63) is 59.8 Å². The SMILES string of the molecule is CN(C)c1ncccc1CNC(=O)C1CCCN1C(=O)Cc1ccccc1. The Morgan fingerprint density at radius 2 is 1.96 bits per heavy atom. The van der Waals surface area contributed by atoms with E-state index < -0.39 is 0 Å². The Balaban J connectivity index is 1.61. The van der Waals surface area contributed by atoms with Crippen LogP contribution in [0.25, 0.3) is 0 Å². The van der Waals surface area contributed by atoms with Crippen LogP contribution in [0.4, 0.5) is 5.82 Å². The minimum atomic E-state index is -0.388. The van der Waals surface area contributed by atoms with Crippen molar-refractivity contribution in [2.45, 2.75) is 31.8 Å². The molecule has 27 heavy (non-hydrogen) atoms. The third-order valence-electron chi connectivity index (χ3n) is 4.82. The summed E-state index contributed by atoms with van der Waals surface area (Å²) in [4.78, 5) is 33.4. The second-order valence-corrected chi connectivity index (χ2v) is 7.01. The van der Waals surface area contributed by atoms with Gasteiger partial charge in [-0.1, -0.05) is 36.4 Å². The Morgan fingerprint density at radius 3 is 2.70 bits per heavy atom. The summed E-state index contributed by atoms with van der Waals surface area (Å²) in [6.07, 6.45) is 3.63. The van der Waals surface area contributed by atoms with Gasteiger partial charge in [-0.15, -0.1) is 0 Å². The van der Waals surface area contributed by atoms with E-state index in [1.165, 1.54) is 0 Å². The fraction of sp³-hybridized carbons (Fsp3) is 0.381. The van der Waals surface area contributed by atoms with E-state index in [1.54, 1.807) is 11.1 Å². The number of hydrogen-bond acceptors (Lipinski definition) is 4. The molecule has 2 heterocycles. The topological polar surface area (TPSA) is 65.5 Å². The van der Waals surface area contributed by atoms with Gasteiger partial charge in [0.25, 0.3) is 0 Å². The fourth-order valence-electron chi connectivity index (χ4n) is 3.48. The fourth-order valence-corrected chi connectivity index (χ4v) is 3.48.